The molecule has 1 fully saturated rings. The van der Waals surface area contributed by atoms with Gasteiger partial charge in [0.05, 0.1) is 12.3 Å². The third-order valence-corrected chi connectivity index (χ3v) is 5.41. The zero-order chi connectivity index (χ0) is 20.3. The Labute approximate surface area is 165 Å². The molecule has 0 spiro atoms. The number of fused-ring (bicyclic) bond motifs is 1. The number of likely N-dealkylation sites (N-methyl/N-ethyl adjacent to an activating group) is 1. The molecule has 0 saturated carbocycles. The van der Waals surface area contributed by atoms with Crippen molar-refractivity contribution in [3.8, 4) is 0 Å². The maximum Gasteiger partial charge on any atom is 0.272 e. The van der Waals surface area contributed by atoms with Crippen LogP contribution in [-0.2, 0) is 4.74 Å². The summed E-state index contributed by atoms with van der Waals surface area (Å²) in [4.78, 5) is 25.7. The zero-order valence-electron chi connectivity index (χ0n) is 17.1. The number of amides is 1. The SMILES string of the molecule is COCCN(C)C[C@@H]1CN(C(=O)c2cc(C(C)C)n3ncnc3n2)C[C@@H]1CO. The lowest BCUT2D eigenvalue weighted by Gasteiger charge is -2.23. The van der Waals surface area contributed by atoms with Crippen LogP contribution >= 0.6 is 0 Å². The van der Waals surface area contributed by atoms with Crippen LogP contribution in [-0.4, -0.2) is 93.9 Å². The first-order valence-electron chi connectivity index (χ1n) is 9.72. The van der Waals surface area contributed by atoms with E-state index in [0.29, 0.717) is 31.2 Å². The van der Waals surface area contributed by atoms with Crippen molar-refractivity contribution in [1.29, 1.82) is 0 Å². The minimum Gasteiger partial charge on any atom is -0.396 e. The van der Waals surface area contributed by atoms with Gasteiger partial charge < -0.3 is 19.6 Å². The van der Waals surface area contributed by atoms with E-state index in [1.807, 2.05) is 20.9 Å². The molecule has 0 unspecified atom stereocenters. The number of aliphatic hydroxyl groups excluding tert-OH is 1. The number of hydrogen-bond donors (Lipinski definition) is 1. The molecule has 1 aliphatic heterocycles. The highest BCUT2D eigenvalue weighted by molar-refractivity contribution is 5.93. The monoisotopic (exact) mass is 390 g/mol. The fraction of sp³-hybridized carbons (Fsp3) is 0.684. The molecule has 0 bridgehead atoms. The van der Waals surface area contributed by atoms with Gasteiger partial charge >= 0.3 is 0 Å². The first-order chi connectivity index (χ1) is 13.4. The second-order valence-corrected chi connectivity index (χ2v) is 7.86. The minimum absolute atomic E-state index is 0.0651. The Morgan fingerprint density at radius 1 is 1.39 bits per heavy atom. The van der Waals surface area contributed by atoms with Crippen LogP contribution in [0.5, 0.6) is 0 Å². The van der Waals surface area contributed by atoms with Gasteiger partial charge in [0.2, 0.25) is 0 Å². The van der Waals surface area contributed by atoms with Crippen LogP contribution in [0.1, 0.15) is 35.9 Å². The molecule has 1 saturated heterocycles. The third kappa shape index (κ3) is 4.31. The van der Waals surface area contributed by atoms with Crippen LogP contribution in [0.25, 0.3) is 5.78 Å². The largest absolute Gasteiger partial charge is 0.396 e. The van der Waals surface area contributed by atoms with Crippen LogP contribution < -0.4 is 0 Å². The Morgan fingerprint density at radius 3 is 2.82 bits per heavy atom. The lowest BCUT2D eigenvalue weighted by molar-refractivity contribution is 0.0772. The number of carbonyl (C=O) groups excluding carboxylic acids is 1. The Morgan fingerprint density at radius 2 is 2.14 bits per heavy atom. The molecule has 1 aliphatic rings. The van der Waals surface area contributed by atoms with Gasteiger partial charge in [-0.2, -0.15) is 10.1 Å². The highest BCUT2D eigenvalue weighted by Crippen LogP contribution is 2.26. The van der Waals surface area contributed by atoms with E-state index in [4.69, 9.17) is 4.74 Å². The second-order valence-electron chi connectivity index (χ2n) is 7.86. The van der Waals surface area contributed by atoms with Gasteiger partial charge in [-0.1, -0.05) is 13.8 Å². The van der Waals surface area contributed by atoms with Gasteiger partial charge in [-0.05, 0) is 24.9 Å². The number of carbonyl (C=O) groups is 1. The summed E-state index contributed by atoms with van der Waals surface area (Å²) in [6.07, 6.45) is 1.45. The fourth-order valence-corrected chi connectivity index (χ4v) is 3.77. The molecule has 2 aromatic rings. The number of rotatable bonds is 8. The van der Waals surface area contributed by atoms with Crippen LogP contribution in [0.3, 0.4) is 0 Å². The molecule has 1 amide bonds. The molecule has 9 nitrogen and oxygen atoms in total. The molecule has 3 rings (SSSR count). The van der Waals surface area contributed by atoms with E-state index in [9.17, 15) is 9.90 Å². The quantitative estimate of drug-likeness (QED) is 0.701. The first kappa shape index (κ1) is 20.6. The number of methoxy groups -OCH3 is 1. The van der Waals surface area contributed by atoms with Crippen molar-refractivity contribution in [3.63, 3.8) is 0 Å². The van der Waals surface area contributed by atoms with Gasteiger partial charge in [0, 0.05) is 45.8 Å². The molecule has 0 aliphatic carbocycles. The molecule has 1 N–H and O–H groups in total. The van der Waals surface area contributed by atoms with Crippen molar-refractivity contribution in [1.82, 2.24) is 29.4 Å². The number of hydrogen-bond acceptors (Lipinski definition) is 7. The molecule has 0 radical (unpaired) electrons. The van der Waals surface area contributed by atoms with Crippen molar-refractivity contribution in [2.75, 3.05) is 53.6 Å². The Bertz CT molecular complexity index is 808. The van der Waals surface area contributed by atoms with Gasteiger partial charge in [-0.25, -0.2) is 9.50 Å². The normalized spacial score (nSPS) is 20.0. The van der Waals surface area contributed by atoms with Crippen LogP contribution in [0.4, 0.5) is 0 Å². The number of nitrogens with zero attached hydrogens (tertiary/aromatic N) is 6. The standard InChI is InChI=1S/C19H30N6O3/c1-13(2)17-7-16(22-19-20-12-21-25(17)19)18(27)24-9-14(15(10-24)11-26)8-23(3)5-6-28-4/h7,12-15,26H,5-6,8-11H2,1-4H3/t14-,15-/m1/s1. The molecule has 2 atom stereocenters. The van der Waals surface area contributed by atoms with Crippen molar-refractivity contribution in [2.45, 2.75) is 19.8 Å². The fourth-order valence-electron chi connectivity index (χ4n) is 3.77. The molecule has 3 heterocycles. The molecule has 28 heavy (non-hydrogen) atoms. The summed E-state index contributed by atoms with van der Waals surface area (Å²) in [7, 11) is 3.72. The van der Waals surface area contributed by atoms with Crippen LogP contribution in [0.15, 0.2) is 12.4 Å². The summed E-state index contributed by atoms with van der Waals surface area (Å²) in [5.74, 6) is 0.786. The third-order valence-electron chi connectivity index (χ3n) is 5.41. The summed E-state index contributed by atoms with van der Waals surface area (Å²) in [5.41, 5.74) is 1.29. The maximum absolute atomic E-state index is 13.1. The summed E-state index contributed by atoms with van der Waals surface area (Å²) in [6, 6.07) is 1.81. The van der Waals surface area contributed by atoms with Crippen molar-refractivity contribution >= 4 is 11.7 Å². The Balaban J connectivity index is 1.76. The second kappa shape index (κ2) is 8.93. The number of aromatic nitrogens is 4. The predicted molar refractivity (Wildman–Crippen MR) is 104 cm³/mol. The van der Waals surface area contributed by atoms with Crippen molar-refractivity contribution in [3.05, 3.63) is 23.8 Å². The van der Waals surface area contributed by atoms with Gasteiger partial charge in [0.1, 0.15) is 12.0 Å². The minimum atomic E-state index is -0.118. The van der Waals surface area contributed by atoms with Crippen molar-refractivity contribution < 1.29 is 14.6 Å². The van der Waals surface area contributed by atoms with E-state index in [0.717, 1.165) is 18.8 Å². The van der Waals surface area contributed by atoms with E-state index < -0.39 is 0 Å². The van der Waals surface area contributed by atoms with Gasteiger partial charge in [-0.3, -0.25) is 4.79 Å². The first-order valence-corrected chi connectivity index (χ1v) is 9.72. The van der Waals surface area contributed by atoms with E-state index in [1.54, 1.807) is 22.6 Å². The summed E-state index contributed by atoms with van der Waals surface area (Å²) < 4.78 is 6.81. The van der Waals surface area contributed by atoms with Crippen LogP contribution in [0.2, 0.25) is 0 Å². The average Bonchev–Trinajstić information content (AvgIpc) is 3.31. The zero-order valence-corrected chi connectivity index (χ0v) is 17.1. The Kier molecular flexibility index (Phi) is 6.58. The topological polar surface area (TPSA) is 96.1 Å². The molecular weight excluding hydrogens is 360 g/mol. The Hall–Kier alpha value is -2.10. The lowest BCUT2D eigenvalue weighted by atomic mass is 9.96. The van der Waals surface area contributed by atoms with E-state index in [1.165, 1.54) is 6.33 Å². The number of aliphatic hydroxyl groups is 1. The summed E-state index contributed by atoms with van der Waals surface area (Å²) in [6.45, 7) is 7.61. The molecule has 2 aromatic heterocycles. The smallest absolute Gasteiger partial charge is 0.272 e. The maximum atomic E-state index is 13.1. The molecular formula is C19H30N6O3. The van der Waals surface area contributed by atoms with E-state index in [2.05, 4.69) is 20.0 Å². The van der Waals surface area contributed by atoms with Crippen LogP contribution in [0, 0.1) is 11.8 Å². The highest BCUT2D eigenvalue weighted by atomic mass is 16.5. The van der Waals surface area contributed by atoms with Gasteiger partial charge in [-0.15, -0.1) is 0 Å². The average molecular weight is 390 g/mol. The van der Waals surface area contributed by atoms with Gasteiger partial charge in [0.15, 0.2) is 0 Å². The summed E-state index contributed by atoms with van der Waals surface area (Å²) >= 11 is 0. The van der Waals surface area contributed by atoms with Crippen molar-refractivity contribution in [2.24, 2.45) is 11.8 Å². The lowest BCUT2D eigenvalue weighted by Crippen LogP contribution is -2.34. The molecule has 9 heteroatoms. The van der Waals surface area contributed by atoms with E-state index in [-0.39, 0.29) is 30.3 Å². The predicted octanol–water partition coefficient (Wildman–Crippen LogP) is 0.506. The number of likely N-dealkylation sites (tertiary alicyclic amines) is 1. The van der Waals surface area contributed by atoms with E-state index >= 15 is 0 Å². The highest BCUT2D eigenvalue weighted by Gasteiger charge is 2.36. The van der Waals surface area contributed by atoms with Gasteiger partial charge in [0.25, 0.3) is 11.7 Å². The molecule has 0 aromatic carbocycles. The number of ether oxygens (including phenoxy) is 1. The summed E-state index contributed by atoms with van der Waals surface area (Å²) in [5, 5.41) is 14.0. The molecule has 154 valence electrons.